The van der Waals surface area contributed by atoms with E-state index < -0.39 is 23.3 Å². The molecule has 0 aliphatic carbocycles. The van der Waals surface area contributed by atoms with Gasteiger partial charge in [-0.2, -0.15) is 5.10 Å². The summed E-state index contributed by atoms with van der Waals surface area (Å²) in [5.74, 6) is -3.93. The molecule has 1 N–H and O–H groups in total. The van der Waals surface area contributed by atoms with Gasteiger partial charge in [0.2, 0.25) is 0 Å². The molecule has 7 nitrogen and oxygen atoms in total. The zero-order valence-electron chi connectivity index (χ0n) is 17.0. The first-order valence-corrected chi connectivity index (χ1v) is 10.1. The molecule has 0 unspecified atom stereocenters. The Kier molecular flexibility index (Phi) is 5.28. The summed E-state index contributed by atoms with van der Waals surface area (Å²) in [5, 5.41) is 14.6. The normalized spacial score (nSPS) is 17.5. The van der Waals surface area contributed by atoms with Crippen molar-refractivity contribution in [2.75, 3.05) is 11.4 Å². The number of benzene rings is 1. The van der Waals surface area contributed by atoms with Crippen LogP contribution in [0.1, 0.15) is 55.4 Å². The maximum atomic E-state index is 14.1. The first kappa shape index (κ1) is 21.4. The minimum Gasteiger partial charge on any atom is -0.360 e. The fourth-order valence-electron chi connectivity index (χ4n) is 4.08. The van der Waals surface area contributed by atoms with Gasteiger partial charge in [0.1, 0.15) is 16.5 Å². The van der Waals surface area contributed by atoms with E-state index in [1.165, 1.54) is 12.3 Å². The molecule has 1 aromatic carbocycles. The van der Waals surface area contributed by atoms with Crippen LogP contribution in [0.5, 0.6) is 0 Å². The fourth-order valence-corrected chi connectivity index (χ4v) is 4.28. The van der Waals surface area contributed by atoms with Crippen LogP contribution in [-0.2, 0) is 12.3 Å². The predicted octanol–water partition coefficient (Wildman–Crippen LogP) is 4.00. The van der Waals surface area contributed by atoms with Gasteiger partial charge in [0, 0.05) is 25.5 Å². The van der Waals surface area contributed by atoms with Crippen molar-refractivity contribution in [3.63, 3.8) is 0 Å². The molecule has 11 heteroatoms. The molecule has 1 aliphatic heterocycles. The average Bonchev–Trinajstić information content (AvgIpc) is 3.14. The van der Waals surface area contributed by atoms with E-state index >= 15 is 0 Å². The Balaban J connectivity index is 1.72. The van der Waals surface area contributed by atoms with Crippen molar-refractivity contribution < 1.29 is 13.2 Å². The van der Waals surface area contributed by atoms with Gasteiger partial charge in [0.05, 0.1) is 29.7 Å². The monoisotopic (exact) mass is 452 g/mol. The molecule has 0 saturated carbocycles. The Morgan fingerprint density at radius 3 is 2.81 bits per heavy atom. The van der Waals surface area contributed by atoms with Crippen LogP contribution in [0.25, 0.3) is 0 Å². The lowest BCUT2D eigenvalue weighted by molar-refractivity contribution is 0.0157. The number of fused-ring (bicyclic) bond motifs is 1. The van der Waals surface area contributed by atoms with Crippen LogP contribution in [0, 0.1) is 5.82 Å². The molecule has 1 aliphatic rings. The van der Waals surface area contributed by atoms with Crippen LogP contribution < -0.4 is 10.5 Å². The number of anilines is 1. The van der Waals surface area contributed by atoms with E-state index in [4.69, 9.17) is 11.6 Å². The SMILES string of the molecule is C[C@H](c1ccc(F)cc1C(C)(F)F)n1nnc2c1CCN(c1cn[nH]c(=O)c1Cl)[C@H]2C. The van der Waals surface area contributed by atoms with Gasteiger partial charge in [-0.3, -0.25) is 4.79 Å². The van der Waals surface area contributed by atoms with Gasteiger partial charge in [-0.15, -0.1) is 5.10 Å². The third kappa shape index (κ3) is 3.69. The van der Waals surface area contributed by atoms with Gasteiger partial charge in [0.25, 0.3) is 11.5 Å². The molecule has 0 saturated heterocycles. The van der Waals surface area contributed by atoms with Gasteiger partial charge >= 0.3 is 0 Å². The molecule has 0 spiro atoms. The number of nitrogens with one attached hydrogen (secondary N) is 1. The Morgan fingerprint density at radius 2 is 2.10 bits per heavy atom. The third-order valence-corrected chi connectivity index (χ3v) is 6.03. The van der Waals surface area contributed by atoms with E-state index in [9.17, 15) is 18.0 Å². The average molecular weight is 453 g/mol. The fraction of sp³-hybridized carbons (Fsp3) is 0.400. The van der Waals surface area contributed by atoms with E-state index in [0.717, 1.165) is 24.8 Å². The first-order valence-electron chi connectivity index (χ1n) is 9.71. The minimum absolute atomic E-state index is 0.0344. The van der Waals surface area contributed by atoms with Crippen LogP contribution >= 0.6 is 11.6 Å². The quantitative estimate of drug-likeness (QED) is 0.647. The van der Waals surface area contributed by atoms with E-state index in [-0.39, 0.29) is 22.2 Å². The molecule has 31 heavy (non-hydrogen) atoms. The zero-order valence-corrected chi connectivity index (χ0v) is 17.8. The highest BCUT2D eigenvalue weighted by Gasteiger charge is 2.34. The second-order valence-electron chi connectivity index (χ2n) is 7.68. The molecule has 3 heterocycles. The van der Waals surface area contributed by atoms with Crippen LogP contribution in [-0.4, -0.2) is 31.7 Å². The standard InChI is InChI=1S/C20H20ClF3N6O/c1-10(13-5-4-12(22)8-14(13)20(3,23)24)30-15-6-7-29(11(2)18(15)26-28-30)16-9-25-27-19(31)17(16)21/h4-5,8-11H,6-7H2,1-3H3,(H,27,31)/t10-,11+/m1/s1. The molecule has 164 valence electrons. The molecule has 2 atom stereocenters. The van der Waals surface area contributed by atoms with E-state index in [2.05, 4.69) is 20.5 Å². The molecule has 3 aromatic rings. The Morgan fingerprint density at radius 1 is 1.35 bits per heavy atom. The van der Waals surface area contributed by atoms with Gasteiger partial charge in [-0.05, 0) is 31.5 Å². The number of aromatic amines is 1. The van der Waals surface area contributed by atoms with Crippen molar-refractivity contribution in [1.82, 2.24) is 25.2 Å². The van der Waals surface area contributed by atoms with Crippen LogP contribution in [0.2, 0.25) is 5.02 Å². The third-order valence-electron chi connectivity index (χ3n) is 5.67. The van der Waals surface area contributed by atoms with Gasteiger partial charge in [-0.25, -0.2) is 23.0 Å². The molecular weight excluding hydrogens is 433 g/mol. The van der Waals surface area contributed by atoms with Gasteiger partial charge in [-0.1, -0.05) is 22.9 Å². The smallest absolute Gasteiger partial charge is 0.285 e. The topological polar surface area (TPSA) is 79.7 Å². The Labute approximate surface area is 180 Å². The van der Waals surface area contributed by atoms with Crippen molar-refractivity contribution in [3.05, 3.63) is 68.1 Å². The summed E-state index contributed by atoms with van der Waals surface area (Å²) in [5.41, 5.74) is 1.34. The highest BCUT2D eigenvalue weighted by molar-refractivity contribution is 6.33. The van der Waals surface area contributed by atoms with Crippen LogP contribution in [0.15, 0.2) is 29.2 Å². The summed E-state index contributed by atoms with van der Waals surface area (Å²) in [6.07, 6.45) is 1.98. The number of aromatic nitrogens is 5. The second kappa shape index (κ2) is 7.67. The summed E-state index contributed by atoms with van der Waals surface area (Å²) in [6, 6.07) is 2.53. The molecule has 0 radical (unpaired) electrons. The molecular formula is C20H20ClF3N6O. The number of halogens is 4. The van der Waals surface area contributed by atoms with E-state index in [1.54, 1.807) is 11.6 Å². The zero-order chi connectivity index (χ0) is 22.5. The van der Waals surface area contributed by atoms with Crippen molar-refractivity contribution >= 4 is 17.3 Å². The number of H-pyrrole nitrogens is 1. The Hall–Kier alpha value is -2.88. The molecule has 0 fully saturated rings. The maximum absolute atomic E-state index is 14.1. The lowest BCUT2D eigenvalue weighted by atomic mass is 9.96. The van der Waals surface area contributed by atoms with Crippen molar-refractivity contribution in [3.8, 4) is 0 Å². The van der Waals surface area contributed by atoms with Crippen LogP contribution in [0.4, 0.5) is 18.9 Å². The molecule has 4 rings (SSSR count). The minimum atomic E-state index is -3.21. The summed E-state index contributed by atoms with van der Waals surface area (Å²) < 4.78 is 43.5. The summed E-state index contributed by atoms with van der Waals surface area (Å²) in [7, 11) is 0. The first-order chi connectivity index (χ1) is 14.6. The van der Waals surface area contributed by atoms with E-state index in [0.29, 0.717) is 24.3 Å². The van der Waals surface area contributed by atoms with Crippen LogP contribution in [0.3, 0.4) is 0 Å². The largest absolute Gasteiger partial charge is 0.360 e. The summed E-state index contributed by atoms with van der Waals surface area (Å²) in [6.45, 7) is 4.86. The van der Waals surface area contributed by atoms with E-state index in [1.807, 2.05) is 11.8 Å². The Bertz CT molecular complexity index is 1190. The van der Waals surface area contributed by atoms with Crippen molar-refractivity contribution in [2.24, 2.45) is 0 Å². The lowest BCUT2D eigenvalue weighted by Crippen LogP contribution is -2.36. The van der Waals surface area contributed by atoms with Crippen molar-refractivity contribution in [2.45, 2.75) is 45.2 Å². The molecule has 0 amide bonds. The number of alkyl halides is 2. The van der Waals surface area contributed by atoms with Gasteiger partial charge in [0.15, 0.2) is 0 Å². The number of nitrogens with zero attached hydrogens (tertiary/aromatic N) is 5. The molecule has 2 aromatic heterocycles. The van der Waals surface area contributed by atoms with Crippen molar-refractivity contribution in [1.29, 1.82) is 0 Å². The predicted molar refractivity (Wildman–Crippen MR) is 109 cm³/mol. The second-order valence-corrected chi connectivity index (χ2v) is 8.06. The van der Waals surface area contributed by atoms with Gasteiger partial charge < -0.3 is 4.90 Å². The number of hydrogen-bond acceptors (Lipinski definition) is 5. The number of hydrogen-bond donors (Lipinski definition) is 1. The summed E-state index contributed by atoms with van der Waals surface area (Å²) in [4.78, 5) is 13.7. The number of rotatable bonds is 4. The maximum Gasteiger partial charge on any atom is 0.285 e. The summed E-state index contributed by atoms with van der Waals surface area (Å²) >= 11 is 6.16. The highest BCUT2D eigenvalue weighted by Crippen LogP contribution is 2.38. The highest BCUT2D eigenvalue weighted by atomic mass is 35.5. The molecule has 0 bridgehead atoms. The lowest BCUT2D eigenvalue weighted by Gasteiger charge is -2.35.